The van der Waals surface area contributed by atoms with Crippen LogP contribution in [0.3, 0.4) is 0 Å². The predicted molar refractivity (Wildman–Crippen MR) is 131 cm³/mol. The molecule has 9 heteroatoms. The molecule has 0 aromatic heterocycles. The third kappa shape index (κ3) is 5.69. The fourth-order valence-corrected chi connectivity index (χ4v) is 3.55. The molecule has 0 radical (unpaired) electrons. The number of amides is 3. The highest BCUT2D eigenvalue weighted by Crippen LogP contribution is 2.32. The maximum Gasteiger partial charge on any atom is 0.339 e. The third-order valence-electron chi connectivity index (χ3n) is 5.55. The topological polar surface area (TPSA) is 120 Å². The summed E-state index contributed by atoms with van der Waals surface area (Å²) in [5.41, 5.74) is 3.00. The lowest BCUT2D eigenvalue weighted by molar-refractivity contribution is -0.123. The molecule has 0 bridgehead atoms. The molecule has 0 fully saturated rings. The van der Waals surface area contributed by atoms with Crippen LogP contribution in [0, 0.1) is 13.8 Å². The molecule has 9 nitrogen and oxygen atoms in total. The van der Waals surface area contributed by atoms with Crippen molar-refractivity contribution in [3.05, 3.63) is 88.5 Å². The standard InChI is InChI=1S/C27H24N2O7/c1-16-7-8-18(13-17(16)2)25(31)20-5-3-4-6-21(20)26(32)36-15-24(30)29-27(33)28-19-9-10-22-23(14-19)35-12-11-34-22/h3-10,13-14H,11-12,15H2,1-2H3,(H2,28,29,30,33). The van der Waals surface area contributed by atoms with Crippen LogP contribution in [0.1, 0.15) is 37.4 Å². The number of ketones is 1. The van der Waals surface area contributed by atoms with Gasteiger partial charge in [-0.1, -0.05) is 30.3 Å². The summed E-state index contributed by atoms with van der Waals surface area (Å²) in [4.78, 5) is 50.0. The zero-order chi connectivity index (χ0) is 25.7. The van der Waals surface area contributed by atoms with Crippen molar-refractivity contribution in [2.45, 2.75) is 13.8 Å². The van der Waals surface area contributed by atoms with E-state index in [1.807, 2.05) is 19.9 Å². The number of hydrogen-bond donors (Lipinski definition) is 2. The van der Waals surface area contributed by atoms with Crippen LogP contribution in [0.4, 0.5) is 10.5 Å². The summed E-state index contributed by atoms with van der Waals surface area (Å²) in [6.07, 6.45) is 0. The Bertz CT molecular complexity index is 1350. The number of imide groups is 1. The van der Waals surface area contributed by atoms with Gasteiger partial charge in [0.25, 0.3) is 5.91 Å². The smallest absolute Gasteiger partial charge is 0.339 e. The molecule has 4 rings (SSSR count). The largest absolute Gasteiger partial charge is 0.486 e. The molecule has 1 aliphatic rings. The Hall–Kier alpha value is -4.66. The van der Waals surface area contributed by atoms with Gasteiger partial charge in [0.15, 0.2) is 23.9 Å². The number of rotatable bonds is 6. The molecular weight excluding hydrogens is 464 g/mol. The fraction of sp³-hybridized carbons (Fsp3) is 0.185. The van der Waals surface area contributed by atoms with Crippen molar-refractivity contribution in [2.24, 2.45) is 0 Å². The zero-order valence-corrected chi connectivity index (χ0v) is 19.8. The molecule has 3 amide bonds. The molecule has 184 valence electrons. The fourth-order valence-electron chi connectivity index (χ4n) is 3.55. The maximum absolute atomic E-state index is 13.0. The van der Waals surface area contributed by atoms with Crippen LogP contribution in [0.15, 0.2) is 60.7 Å². The average Bonchev–Trinajstić information content (AvgIpc) is 2.88. The van der Waals surface area contributed by atoms with Crippen LogP contribution < -0.4 is 20.1 Å². The second-order valence-electron chi connectivity index (χ2n) is 8.11. The molecule has 0 spiro atoms. The van der Waals surface area contributed by atoms with E-state index in [2.05, 4.69) is 10.6 Å². The van der Waals surface area contributed by atoms with Crippen molar-refractivity contribution < 1.29 is 33.4 Å². The first-order chi connectivity index (χ1) is 17.3. The van der Waals surface area contributed by atoms with E-state index in [1.54, 1.807) is 42.5 Å². The van der Waals surface area contributed by atoms with Gasteiger partial charge in [-0.25, -0.2) is 9.59 Å². The van der Waals surface area contributed by atoms with E-state index < -0.39 is 24.5 Å². The molecular formula is C27H24N2O7. The van der Waals surface area contributed by atoms with Crippen LogP contribution in [-0.2, 0) is 9.53 Å². The van der Waals surface area contributed by atoms with Crippen LogP contribution in [-0.4, -0.2) is 43.5 Å². The van der Waals surface area contributed by atoms with Crippen molar-refractivity contribution >= 4 is 29.4 Å². The highest BCUT2D eigenvalue weighted by molar-refractivity contribution is 6.14. The van der Waals surface area contributed by atoms with Gasteiger partial charge < -0.3 is 19.5 Å². The number of esters is 1. The van der Waals surface area contributed by atoms with Gasteiger partial charge >= 0.3 is 12.0 Å². The molecule has 0 unspecified atom stereocenters. The van der Waals surface area contributed by atoms with E-state index in [-0.39, 0.29) is 16.9 Å². The van der Waals surface area contributed by atoms with Gasteiger partial charge in [0.05, 0.1) is 5.56 Å². The molecule has 1 aliphatic heterocycles. The minimum absolute atomic E-state index is 0.0225. The molecule has 0 atom stereocenters. The predicted octanol–water partition coefficient (Wildman–Crippen LogP) is 3.81. The average molecular weight is 488 g/mol. The normalized spacial score (nSPS) is 11.8. The van der Waals surface area contributed by atoms with Crippen LogP contribution >= 0.6 is 0 Å². The number of nitrogens with one attached hydrogen (secondary N) is 2. The minimum Gasteiger partial charge on any atom is -0.486 e. The third-order valence-corrected chi connectivity index (χ3v) is 5.55. The number of carbonyl (C=O) groups is 4. The Balaban J connectivity index is 1.34. The Morgan fingerprint density at radius 1 is 0.833 bits per heavy atom. The molecule has 1 heterocycles. The maximum atomic E-state index is 13.0. The summed E-state index contributed by atoms with van der Waals surface area (Å²) in [6.45, 7) is 3.97. The Morgan fingerprint density at radius 3 is 2.31 bits per heavy atom. The Kier molecular flexibility index (Phi) is 7.29. The van der Waals surface area contributed by atoms with Gasteiger partial charge in [-0.3, -0.25) is 14.9 Å². The lowest BCUT2D eigenvalue weighted by Crippen LogP contribution is -2.37. The van der Waals surface area contributed by atoms with Crippen LogP contribution in [0.2, 0.25) is 0 Å². The first-order valence-corrected chi connectivity index (χ1v) is 11.2. The lowest BCUT2D eigenvalue weighted by Gasteiger charge is -2.19. The molecule has 3 aromatic rings. The van der Waals surface area contributed by atoms with Crippen molar-refractivity contribution in [2.75, 3.05) is 25.1 Å². The number of fused-ring (bicyclic) bond motifs is 1. The minimum atomic E-state index is -0.856. The molecule has 2 N–H and O–H groups in total. The van der Waals surface area contributed by atoms with Gasteiger partial charge in [-0.05, 0) is 49.2 Å². The van der Waals surface area contributed by atoms with Crippen molar-refractivity contribution in [1.82, 2.24) is 5.32 Å². The number of ether oxygens (including phenoxy) is 3. The highest BCUT2D eigenvalue weighted by Gasteiger charge is 2.21. The van der Waals surface area contributed by atoms with E-state index in [0.717, 1.165) is 11.1 Å². The van der Waals surface area contributed by atoms with E-state index in [0.29, 0.717) is 36.0 Å². The molecule has 36 heavy (non-hydrogen) atoms. The molecule has 0 saturated carbocycles. The second kappa shape index (κ2) is 10.7. The number of aryl methyl sites for hydroxylation is 2. The van der Waals surface area contributed by atoms with Gasteiger partial charge in [0.2, 0.25) is 0 Å². The molecule has 0 aliphatic carbocycles. The van der Waals surface area contributed by atoms with Crippen molar-refractivity contribution in [3.63, 3.8) is 0 Å². The number of carbonyl (C=O) groups excluding carboxylic acids is 4. The van der Waals surface area contributed by atoms with Gasteiger partial charge in [0, 0.05) is 22.9 Å². The van der Waals surface area contributed by atoms with E-state index in [1.165, 1.54) is 12.1 Å². The van der Waals surface area contributed by atoms with E-state index in [4.69, 9.17) is 14.2 Å². The summed E-state index contributed by atoms with van der Waals surface area (Å²) in [5, 5.41) is 4.59. The van der Waals surface area contributed by atoms with Gasteiger partial charge in [-0.15, -0.1) is 0 Å². The first-order valence-electron chi connectivity index (χ1n) is 11.2. The highest BCUT2D eigenvalue weighted by atomic mass is 16.6. The van der Waals surface area contributed by atoms with E-state index >= 15 is 0 Å². The SMILES string of the molecule is Cc1ccc(C(=O)c2ccccc2C(=O)OCC(=O)NC(=O)Nc2ccc3c(c2)OCCO3)cc1C. The summed E-state index contributed by atoms with van der Waals surface area (Å²) < 4.78 is 15.9. The molecule has 3 aromatic carbocycles. The molecule has 0 saturated heterocycles. The first kappa shape index (κ1) is 24.5. The number of urea groups is 1. The second-order valence-corrected chi connectivity index (χ2v) is 8.11. The number of anilines is 1. The van der Waals surface area contributed by atoms with Gasteiger partial charge in [-0.2, -0.15) is 0 Å². The monoisotopic (exact) mass is 488 g/mol. The van der Waals surface area contributed by atoms with Crippen molar-refractivity contribution in [1.29, 1.82) is 0 Å². The quantitative estimate of drug-likeness (QED) is 0.400. The summed E-state index contributed by atoms with van der Waals surface area (Å²) in [5.74, 6) is -0.991. The van der Waals surface area contributed by atoms with Crippen LogP contribution in [0.25, 0.3) is 0 Å². The summed E-state index contributed by atoms with van der Waals surface area (Å²) in [6, 6.07) is 15.5. The van der Waals surface area contributed by atoms with E-state index in [9.17, 15) is 19.2 Å². The zero-order valence-electron chi connectivity index (χ0n) is 19.8. The van der Waals surface area contributed by atoms with Gasteiger partial charge in [0.1, 0.15) is 13.2 Å². The van der Waals surface area contributed by atoms with Crippen molar-refractivity contribution in [3.8, 4) is 11.5 Å². The lowest BCUT2D eigenvalue weighted by atomic mass is 9.96. The van der Waals surface area contributed by atoms with Crippen LogP contribution in [0.5, 0.6) is 11.5 Å². The number of hydrogen-bond acceptors (Lipinski definition) is 7. The Morgan fingerprint density at radius 2 is 1.56 bits per heavy atom. The summed E-state index contributed by atoms with van der Waals surface area (Å²) >= 11 is 0. The Labute approximate surface area is 207 Å². The number of benzene rings is 3. The summed E-state index contributed by atoms with van der Waals surface area (Å²) in [7, 11) is 0.